The summed E-state index contributed by atoms with van der Waals surface area (Å²) >= 11 is 1.59. The molecular formula is C23H28N2O3S. The summed E-state index contributed by atoms with van der Waals surface area (Å²) in [5.41, 5.74) is 2.58. The highest BCUT2D eigenvalue weighted by atomic mass is 32.2. The van der Waals surface area contributed by atoms with Crippen molar-refractivity contribution >= 4 is 35.0 Å². The third-order valence-electron chi connectivity index (χ3n) is 4.91. The number of hydrogen-bond acceptors (Lipinski definition) is 4. The molecule has 0 bridgehead atoms. The molecule has 6 heteroatoms. The second kappa shape index (κ2) is 10.3. The molecule has 2 amide bonds. The number of carbonyl (C=O) groups excluding carboxylic acids is 2. The van der Waals surface area contributed by atoms with Gasteiger partial charge in [-0.25, -0.2) is 0 Å². The summed E-state index contributed by atoms with van der Waals surface area (Å²) in [6, 6.07) is 15.3. The number of nitrogens with zero attached hydrogens (tertiary/aromatic N) is 1. The number of anilines is 2. The Morgan fingerprint density at radius 3 is 2.79 bits per heavy atom. The molecule has 1 atom stereocenters. The van der Waals surface area contributed by atoms with Gasteiger partial charge in [0.1, 0.15) is 11.1 Å². The highest BCUT2D eigenvalue weighted by Crippen LogP contribution is 2.42. The molecule has 1 heterocycles. The summed E-state index contributed by atoms with van der Waals surface area (Å²) in [5.74, 6) is 1.25. The van der Waals surface area contributed by atoms with Gasteiger partial charge >= 0.3 is 0 Å². The predicted octanol–water partition coefficient (Wildman–Crippen LogP) is 5.38. The van der Waals surface area contributed by atoms with E-state index in [1.54, 1.807) is 23.8 Å². The van der Waals surface area contributed by atoms with E-state index < -0.39 is 0 Å². The molecule has 2 aromatic rings. The van der Waals surface area contributed by atoms with Gasteiger partial charge in [-0.1, -0.05) is 44.4 Å². The van der Waals surface area contributed by atoms with Gasteiger partial charge in [0.15, 0.2) is 0 Å². The zero-order valence-corrected chi connectivity index (χ0v) is 17.8. The Hall–Kier alpha value is -2.47. The number of methoxy groups -OCH3 is 1. The van der Waals surface area contributed by atoms with Crippen LogP contribution in [0.3, 0.4) is 0 Å². The van der Waals surface area contributed by atoms with Crippen LogP contribution < -0.4 is 15.0 Å². The zero-order chi connectivity index (χ0) is 20.6. The second-order valence-corrected chi connectivity index (χ2v) is 8.18. The van der Waals surface area contributed by atoms with Gasteiger partial charge < -0.3 is 10.1 Å². The van der Waals surface area contributed by atoms with Gasteiger partial charge in [0.2, 0.25) is 11.8 Å². The highest BCUT2D eigenvalue weighted by molar-refractivity contribution is 8.00. The van der Waals surface area contributed by atoms with E-state index in [4.69, 9.17) is 4.74 Å². The van der Waals surface area contributed by atoms with Gasteiger partial charge in [-0.3, -0.25) is 14.5 Å². The first-order valence-electron chi connectivity index (χ1n) is 10.1. The Morgan fingerprint density at radius 1 is 1.17 bits per heavy atom. The van der Waals surface area contributed by atoms with Crippen LogP contribution in [0.2, 0.25) is 0 Å². The van der Waals surface area contributed by atoms with Crippen molar-refractivity contribution in [1.29, 1.82) is 0 Å². The van der Waals surface area contributed by atoms with E-state index in [0.29, 0.717) is 12.2 Å². The van der Waals surface area contributed by atoms with Gasteiger partial charge in [-0.2, -0.15) is 0 Å². The molecule has 1 unspecified atom stereocenters. The van der Waals surface area contributed by atoms with Crippen molar-refractivity contribution in [2.75, 3.05) is 23.1 Å². The first kappa shape index (κ1) is 21.2. The third kappa shape index (κ3) is 5.54. The van der Waals surface area contributed by atoms with E-state index in [2.05, 4.69) is 12.2 Å². The van der Waals surface area contributed by atoms with Crippen LogP contribution >= 0.6 is 11.8 Å². The Kier molecular flexibility index (Phi) is 7.58. The number of ether oxygens (including phenoxy) is 1. The maximum absolute atomic E-state index is 12.6. The van der Waals surface area contributed by atoms with E-state index in [-0.39, 0.29) is 17.2 Å². The number of rotatable bonds is 9. The Balaban J connectivity index is 1.73. The molecule has 2 aromatic carbocycles. The molecular weight excluding hydrogens is 384 g/mol. The van der Waals surface area contributed by atoms with Crippen LogP contribution in [0.15, 0.2) is 48.5 Å². The number of hydrogen-bond donors (Lipinski definition) is 1. The van der Waals surface area contributed by atoms with Gasteiger partial charge in [-0.15, -0.1) is 11.8 Å². The van der Waals surface area contributed by atoms with Crippen molar-refractivity contribution in [2.24, 2.45) is 0 Å². The molecule has 1 aliphatic heterocycles. The molecule has 0 aromatic heterocycles. The zero-order valence-electron chi connectivity index (χ0n) is 17.0. The van der Waals surface area contributed by atoms with Crippen molar-refractivity contribution in [2.45, 2.75) is 44.4 Å². The minimum Gasteiger partial charge on any atom is -0.497 e. The van der Waals surface area contributed by atoms with Gasteiger partial charge in [0.05, 0.1) is 12.9 Å². The van der Waals surface area contributed by atoms with E-state index >= 15 is 0 Å². The Labute approximate surface area is 176 Å². The van der Waals surface area contributed by atoms with E-state index in [9.17, 15) is 9.59 Å². The average molecular weight is 413 g/mol. The topological polar surface area (TPSA) is 58.6 Å². The Morgan fingerprint density at radius 2 is 2.00 bits per heavy atom. The number of benzene rings is 2. The van der Waals surface area contributed by atoms with Crippen molar-refractivity contribution in [3.63, 3.8) is 0 Å². The highest BCUT2D eigenvalue weighted by Gasteiger charge is 2.34. The first-order chi connectivity index (χ1) is 14.1. The molecule has 3 rings (SSSR count). The molecule has 0 saturated carbocycles. The SMILES string of the molecule is CCCCCCC(=O)Nc1cccc(C2SCC(=O)N2c2cccc(OC)c2)c1. The summed E-state index contributed by atoms with van der Waals surface area (Å²) < 4.78 is 5.31. The summed E-state index contributed by atoms with van der Waals surface area (Å²) in [5, 5.41) is 2.87. The lowest BCUT2D eigenvalue weighted by atomic mass is 10.1. The molecule has 29 heavy (non-hydrogen) atoms. The third-order valence-corrected chi connectivity index (χ3v) is 6.12. The molecule has 1 aliphatic rings. The van der Waals surface area contributed by atoms with Gasteiger partial charge in [-0.05, 0) is 36.2 Å². The van der Waals surface area contributed by atoms with Crippen LogP contribution in [0.25, 0.3) is 0 Å². The first-order valence-corrected chi connectivity index (χ1v) is 11.1. The fraction of sp³-hybridized carbons (Fsp3) is 0.391. The fourth-order valence-electron chi connectivity index (χ4n) is 3.42. The number of amides is 2. The van der Waals surface area contributed by atoms with Crippen molar-refractivity contribution in [3.8, 4) is 5.75 Å². The van der Waals surface area contributed by atoms with Gasteiger partial charge in [0.25, 0.3) is 0 Å². The molecule has 1 fully saturated rings. The van der Waals surface area contributed by atoms with Crippen LogP contribution in [0.4, 0.5) is 11.4 Å². The maximum atomic E-state index is 12.6. The quantitative estimate of drug-likeness (QED) is 0.562. The standard InChI is InChI=1S/C23H28N2O3S/c1-3-4-5-6-13-21(26)24-18-10-7-9-17(14-18)23-25(22(27)16-29-23)19-11-8-12-20(15-19)28-2/h7-12,14-15,23H,3-6,13,16H2,1-2H3,(H,24,26). The van der Waals surface area contributed by atoms with Crippen molar-refractivity contribution in [3.05, 3.63) is 54.1 Å². The smallest absolute Gasteiger partial charge is 0.238 e. The minimum absolute atomic E-state index is 0.0399. The van der Waals surface area contributed by atoms with Crippen LogP contribution in [-0.2, 0) is 9.59 Å². The van der Waals surface area contributed by atoms with Crippen LogP contribution in [-0.4, -0.2) is 24.7 Å². The number of nitrogens with one attached hydrogen (secondary N) is 1. The Bertz CT molecular complexity index is 856. The minimum atomic E-state index is -0.129. The second-order valence-electron chi connectivity index (χ2n) is 7.11. The predicted molar refractivity (Wildman–Crippen MR) is 120 cm³/mol. The lowest BCUT2D eigenvalue weighted by Gasteiger charge is -2.25. The number of thioether (sulfide) groups is 1. The lowest BCUT2D eigenvalue weighted by molar-refractivity contribution is -0.117. The molecule has 154 valence electrons. The van der Waals surface area contributed by atoms with E-state index in [1.165, 1.54) is 0 Å². The summed E-state index contributed by atoms with van der Waals surface area (Å²) in [6.45, 7) is 2.16. The summed E-state index contributed by atoms with van der Waals surface area (Å²) in [6.07, 6.45) is 4.86. The van der Waals surface area contributed by atoms with E-state index in [0.717, 1.165) is 48.4 Å². The molecule has 1 saturated heterocycles. The van der Waals surface area contributed by atoms with E-state index in [1.807, 2.05) is 48.5 Å². The largest absolute Gasteiger partial charge is 0.497 e. The fourth-order valence-corrected chi connectivity index (χ4v) is 4.58. The molecule has 5 nitrogen and oxygen atoms in total. The van der Waals surface area contributed by atoms with Crippen LogP contribution in [0.1, 0.15) is 50.0 Å². The molecule has 0 spiro atoms. The number of unbranched alkanes of at least 4 members (excludes halogenated alkanes) is 3. The molecule has 0 radical (unpaired) electrons. The summed E-state index contributed by atoms with van der Waals surface area (Å²) in [7, 11) is 1.62. The monoisotopic (exact) mass is 412 g/mol. The van der Waals surface area contributed by atoms with Crippen LogP contribution in [0, 0.1) is 0 Å². The van der Waals surface area contributed by atoms with Crippen LogP contribution in [0.5, 0.6) is 5.75 Å². The van der Waals surface area contributed by atoms with Gasteiger partial charge in [0, 0.05) is 23.9 Å². The average Bonchev–Trinajstić information content (AvgIpc) is 3.13. The van der Waals surface area contributed by atoms with Crippen molar-refractivity contribution in [1.82, 2.24) is 0 Å². The van der Waals surface area contributed by atoms with Crippen molar-refractivity contribution < 1.29 is 14.3 Å². The molecule has 0 aliphatic carbocycles. The summed E-state index contributed by atoms with van der Waals surface area (Å²) in [4.78, 5) is 26.6. The molecule has 1 N–H and O–H groups in total. The lowest BCUT2D eigenvalue weighted by Crippen LogP contribution is -2.27. The number of carbonyl (C=O) groups is 2. The normalized spacial score (nSPS) is 16.1. The maximum Gasteiger partial charge on any atom is 0.238 e.